The van der Waals surface area contributed by atoms with E-state index in [1.165, 1.54) is 28.6 Å². The first-order valence-electron chi connectivity index (χ1n) is 9.41. The standard InChI is InChI=1S/C19H23N5O2S2/c1-11(2)24-16(6-7-20-24)21-17(25)10-27-19-23-22-18(26-19)15-9-13-8-12(3)4-5-14(13)28-15/h6-7,9,11-12H,4-5,8,10H2,1-3H3,(H,21,25)/t12-/m0/s1. The predicted molar refractivity (Wildman–Crippen MR) is 111 cm³/mol. The predicted octanol–water partition coefficient (Wildman–Crippen LogP) is 4.43. The van der Waals surface area contributed by atoms with E-state index < -0.39 is 0 Å². The average molecular weight is 418 g/mol. The van der Waals surface area contributed by atoms with Gasteiger partial charge < -0.3 is 9.73 Å². The Morgan fingerprint density at radius 1 is 1.46 bits per heavy atom. The van der Waals surface area contributed by atoms with Crippen LogP contribution in [0.1, 0.15) is 43.7 Å². The highest BCUT2D eigenvalue weighted by atomic mass is 32.2. The van der Waals surface area contributed by atoms with E-state index in [-0.39, 0.29) is 17.7 Å². The Bertz CT molecular complexity index is 975. The number of carbonyl (C=O) groups excluding carboxylic acids is 1. The molecule has 0 unspecified atom stereocenters. The molecule has 1 aliphatic carbocycles. The fourth-order valence-electron chi connectivity index (χ4n) is 3.31. The summed E-state index contributed by atoms with van der Waals surface area (Å²) in [6.45, 7) is 6.32. The number of fused-ring (bicyclic) bond motifs is 1. The summed E-state index contributed by atoms with van der Waals surface area (Å²) in [5, 5.41) is 15.7. The molecule has 0 saturated carbocycles. The first-order chi connectivity index (χ1) is 13.5. The number of aryl methyl sites for hydroxylation is 1. The smallest absolute Gasteiger partial charge is 0.277 e. The highest BCUT2D eigenvalue weighted by Crippen LogP contribution is 2.37. The lowest BCUT2D eigenvalue weighted by Gasteiger charge is -2.16. The summed E-state index contributed by atoms with van der Waals surface area (Å²) in [7, 11) is 0. The molecule has 7 nitrogen and oxygen atoms in total. The van der Waals surface area contributed by atoms with Gasteiger partial charge in [0.1, 0.15) is 5.82 Å². The largest absolute Gasteiger partial charge is 0.410 e. The van der Waals surface area contributed by atoms with Crippen molar-refractivity contribution in [3.05, 3.63) is 28.8 Å². The minimum atomic E-state index is -0.132. The summed E-state index contributed by atoms with van der Waals surface area (Å²) in [5.74, 6) is 2.02. The molecule has 0 spiro atoms. The summed E-state index contributed by atoms with van der Waals surface area (Å²) in [5.41, 5.74) is 1.41. The van der Waals surface area contributed by atoms with Crippen LogP contribution in [0.2, 0.25) is 0 Å². The zero-order chi connectivity index (χ0) is 19.7. The third kappa shape index (κ3) is 4.15. The molecule has 1 amide bonds. The molecular weight excluding hydrogens is 394 g/mol. The van der Waals surface area contributed by atoms with Gasteiger partial charge >= 0.3 is 0 Å². The maximum Gasteiger partial charge on any atom is 0.277 e. The third-order valence-corrected chi connectivity index (χ3v) is 6.74. The topological polar surface area (TPSA) is 85.8 Å². The molecule has 28 heavy (non-hydrogen) atoms. The number of amides is 1. The summed E-state index contributed by atoms with van der Waals surface area (Å²) >= 11 is 2.98. The van der Waals surface area contributed by atoms with E-state index in [1.807, 2.05) is 13.8 Å². The first-order valence-corrected chi connectivity index (χ1v) is 11.2. The second-order valence-electron chi connectivity index (χ2n) is 7.37. The fourth-order valence-corrected chi connectivity index (χ4v) is 5.00. The molecule has 4 rings (SSSR count). The van der Waals surface area contributed by atoms with E-state index in [0.29, 0.717) is 16.9 Å². The lowest BCUT2D eigenvalue weighted by Crippen LogP contribution is -2.18. The van der Waals surface area contributed by atoms with Crippen molar-refractivity contribution in [1.82, 2.24) is 20.0 Å². The van der Waals surface area contributed by atoms with Crippen molar-refractivity contribution in [2.24, 2.45) is 5.92 Å². The number of thioether (sulfide) groups is 1. The normalized spacial score (nSPS) is 16.4. The van der Waals surface area contributed by atoms with Crippen LogP contribution in [0.15, 0.2) is 28.0 Å². The van der Waals surface area contributed by atoms with Crippen LogP contribution in [0.5, 0.6) is 0 Å². The number of nitrogens with one attached hydrogen (secondary N) is 1. The van der Waals surface area contributed by atoms with Gasteiger partial charge in [0, 0.05) is 17.0 Å². The van der Waals surface area contributed by atoms with Gasteiger partial charge in [0.15, 0.2) is 0 Å². The molecule has 0 bridgehead atoms. The molecule has 1 N–H and O–H groups in total. The Morgan fingerprint density at radius 2 is 2.32 bits per heavy atom. The molecular formula is C19H23N5O2S2. The zero-order valence-corrected chi connectivity index (χ0v) is 17.8. The molecule has 3 heterocycles. The van der Waals surface area contributed by atoms with Crippen LogP contribution in [-0.4, -0.2) is 31.6 Å². The Hall–Kier alpha value is -2.13. The second kappa shape index (κ2) is 8.08. The zero-order valence-electron chi connectivity index (χ0n) is 16.1. The van der Waals surface area contributed by atoms with E-state index in [0.717, 1.165) is 23.6 Å². The highest BCUT2D eigenvalue weighted by Gasteiger charge is 2.21. The molecule has 1 aliphatic rings. The molecule has 9 heteroatoms. The molecule has 0 saturated heterocycles. The van der Waals surface area contributed by atoms with Gasteiger partial charge in [-0.05, 0) is 50.7 Å². The van der Waals surface area contributed by atoms with Crippen LogP contribution in [0.25, 0.3) is 10.8 Å². The molecule has 0 aromatic carbocycles. The van der Waals surface area contributed by atoms with Crippen LogP contribution in [-0.2, 0) is 17.6 Å². The number of anilines is 1. The summed E-state index contributed by atoms with van der Waals surface area (Å²) in [6.07, 6.45) is 5.16. The number of carbonyl (C=O) groups is 1. The number of rotatable bonds is 6. The van der Waals surface area contributed by atoms with E-state index in [2.05, 4.69) is 33.6 Å². The van der Waals surface area contributed by atoms with Gasteiger partial charge in [-0.1, -0.05) is 18.7 Å². The summed E-state index contributed by atoms with van der Waals surface area (Å²) in [4.78, 5) is 14.7. The van der Waals surface area contributed by atoms with E-state index in [4.69, 9.17) is 4.42 Å². The molecule has 1 atom stereocenters. The van der Waals surface area contributed by atoms with Gasteiger partial charge in [0.2, 0.25) is 5.91 Å². The van der Waals surface area contributed by atoms with Crippen LogP contribution in [0, 0.1) is 5.92 Å². The molecule has 0 aliphatic heterocycles. The minimum Gasteiger partial charge on any atom is -0.410 e. The maximum absolute atomic E-state index is 12.2. The van der Waals surface area contributed by atoms with Crippen LogP contribution >= 0.6 is 23.1 Å². The molecule has 3 aromatic rings. The number of nitrogens with zero attached hydrogens (tertiary/aromatic N) is 4. The molecule has 148 valence electrons. The lowest BCUT2D eigenvalue weighted by molar-refractivity contribution is -0.113. The minimum absolute atomic E-state index is 0.132. The number of aromatic nitrogens is 4. The van der Waals surface area contributed by atoms with Gasteiger partial charge in [0.25, 0.3) is 11.1 Å². The van der Waals surface area contributed by atoms with Crippen molar-refractivity contribution < 1.29 is 9.21 Å². The Morgan fingerprint density at radius 3 is 3.14 bits per heavy atom. The number of hydrogen-bond acceptors (Lipinski definition) is 7. The van der Waals surface area contributed by atoms with Crippen molar-refractivity contribution in [1.29, 1.82) is 0 Å². The van der Waals surface area contributed by atoms with Gasteiger partial charge in [-0.15, -0.1) is 21.5 Å². The van der Waals surface area contributed by atoms with Gasteiger partial charge in [0.05, 0.1) is 16.8 Å². The number of hydrogen-bond donors (Lipinski definition) is 1. The van der Waals surface area contributed by atoms with E-state index in [1.54, 1.807) is 28.3 Å². The van der Waals surface area contributed by atoms with Gasteiger partial charge in [-0.25, -0.2) is 4.68 Å². The van der Waals surface area contributed by atoms with Crippen molar-refractivity contribution in [2.45, 2.75) is 51.3 Å². The van der Waals surface area contributed by atoms with Crippen molar-refractivity contribution in [3.8, 4) is 10.8 Å². The van der Waals surface area contributed by atoms with Crippen LogP contribution in [0.3, 0.4) is 0 Å². The molecule has 0 fully saturated rings. The summed E-state index contributed by atoms with van der Waals surface area (Å²) in [6, 6.07) is 4.14. The van der Waals surface area contributed by atoms with Gasteiger partial charge in [-0.2, -0.15) is 5.10 Å². The van der Waals surface area contributed by atoms with Crippen molar-refractivity contribution in [2.75, 3.05) is 11.1 Å². The average Bonchev–Trinajstić information content (AvgIpc) is 3.38. The lowest BCUT2D eigenvalue weighted by atomic mass is 9.90. The molecule has 0 radical (unpaired) electrons. The second-order valence-corrected chi connectivity index (χ2v) is 9.44. The monoisotopic (exact) mass is 417 g/mol. The van der Waals surface area contributed by atoms with Crippen molar-refractivity contribution in [3.63, 3.8) is 0 Å². The Labute approximate surface area is 171 Å². The Kier molecular flexibility index (Phi) is 5.54. The van der Waals surface area contributed by atoms with Gasteiger partial charge in [-0.3, -0.25) is 4.79 Å². The SMILES string of the molecule is CC(C)n1nccc1NC(=O)CSc1nnc(-c2cc3c(s2)CC[C@H](C)C3)o1. The maximum atomic E-state index is 12.2. The first kappa shape index (κ1) is 19.2. The van der Waals surface area contributed by atoms with Crippen LogP contribution in [0.4, 0.5) is 5.82 Å². The fraction of sp³-hybridized carbons (Fsp3) is 0.474. The summed E-state index contributed by atoms with van der Waals surface area (Å²) < 4.78 is 7.55. The van der Waals surface area contributed by atoms with E-state index in [9.17, 15) is 4.79 Å². The third-order valence-electron chi connectivity index (χ3n) is 4.70. The quantitative estimate of drug-likeness (QED) is 0.597. The van der Waals surface area contributed by atoms with E-state index >= 15 is 0 Å². The Balaban J connectivity index is 1.36. The molecule has 3 aromatic heterocycles. The highest BCUT2D eigenvalue weighted by molar-refractivity contribution is 7.99. The van der Waals surface area contributed by atoms with Crippen LogP contribution < -0.4 is 5.32 Å². The van der Waals surface area contributed by atoms with Crippen molar-refractivity contribution >= 4 is 34.8 Å². The number of thiophene rings is 1.